The highest BCUT2D eigenvalue weighted by Gasteiger charge is 2.15. The third-order valence-corrected chi connectivity index (χ3v) is 4.85. The maximum atomic E-state index is 3.15. The molecule has 5 rings (SSSR count). The number of rotatable bonds is 2. The summed E-state index contributed by atoms with van der Waals surface area (Å²) in [5.74, 6) is 0. The molecule has 0 spiro atoms. The molecule has 1 aromatic heterocycles. The Labute approximate surface area is 152 Å². The summed E-state index contributed by atoms with van der Waals surface area (Å²) in [6.07, 6.45) is 10.2. The highest BCUT2D eigenvalue weighted by Crippen LogP contribution is 2.38. The third kappa shape index (κ3) is 2.27. The summed E-state index contributed by atoms with van der Waals surface area (Å²) >= 11 is 0. The van der Waals surface area contributed by atoms with Crippen LogP contribution in [0.3, 0.4) is 0 Å². The summed E-state index contributed by atoms with van der Waals surface area (Å²) in [5, 5.41) is 2.57. The maximum Gasteiger partial charge on any atom is 0.0547 e. The molecule has 1 heteroatoms. The van der Waals surface area contributed by atoms with Gasteiger partial charge >= 0.3 is 0 Å². The van der Waals surface area contributed by atoms with E-state index in [0.29, 0.717) is 0 Å². The highest BCUT2D eigenvalue weighted by molar-refractivity contribution is 6.16. The molecule has 1 nitrogen and oxygen atoms in total. The van der Waals surface area contributed by atoms with Gasteiger partial charge in [0.2, 0.25) is 0 Å². The zero-order valence-electron chi connectivity index (χ0n) is 14.3. The van der Waals surface area contributed by atoms with Gasteiger partial charge in [0.25, 0.3) is 0 Å². The first-order chi connectivity index (χ1) is 12.9. The SMILES string of the molecule is C1=CC=CC(n2c3ccccc3c3c(-c4ccccc4)cccc32)=CC=1. The molecule has 0 unspecified atom stereocenters. The second-order valence-electron chi connectivity index (χ2n) is 6.37. The lowest BCUT2D eigenvalue weighted by molar-refractivity contribution is 1.24. The van der Waals surface area contributed by atoms with Gasteiger partial charge in [-0.3, -0.25) is 0 Å². The van der Waals surface area contributed by atoms with Crippen molar-refractivity contribution in [3.8, 4) is 11.1 Å². The third-order valence-electron chi connectivity index (χ3n) is 4.85. The van der Waals surface area contributed by atoms with Crippen LogP contribution in [-0.4, -0.2) is 4.57 Å². The van der Waals surface area contributed by atoms with E-state index in [1.54, 1.807) is 0 Å². The largest absolute Gasteiger partial charge is 0.309 e. The molecule has 1 aliphatic rings. The van der Waals surface area contributed by atoms with Crippen molar-refractivity contribution in [1.82, 2.24) is 4.57 Å². The Hall–Kier alpha value is -3.54. The van der Waals surface area contributed by atoms with E-state index >= 15 is 0 Å². The minimum atomic E-state index is 1.14. The summed E-state index contributed by atoms with van der Waals surface area (Å²) in [5.41, 5.74) is 9.24. The van der Waals surface area contributed by atoms with E-state index in [1.165, 1.54) is 32.9 Å². The smallest absolute Gasteiger partial charge is 0.0547 e. The quantitative estimate of drug-likeness (QED) is 0.365. The highest BCUT2D eigenvalue weighted by atomic mass is 15.0. The van der Waals surface area contributed by atoms with E-state index in [1.807, 2.05) is 18.2 Å². The zero-order valence-corrected chi connectivity index (χ0v) is 14.3. The van der Waals surface area contributed by atoms with E-state index in [9.17, 15) is 0 Å². The van der Waals surface area contributed by atoms with E-state index < -0.39 is 0 Å². The molecule has 0 N–H and O–H groups in total. The van der Waals surface area contributed by atoms with Gasteiger partial charge in [0, 0.05) is 16.5 Å². The predicted molar refractivity (Wildman–Crippen MR) is 111 cm³/mol. The molecule has 0 amide bonds. The number of fused-ring (bicyclic) bond motifs is 3. The minimum absolute atomic E-state index is 1.14. The van der Waals surface area contributed by atoms with Crippen LogP contribution in [0.4, 0.5) is 0 Å². The van der Waals surface area contributed by atoms with E-state index in [4.69, 9.17) is 0 Å². The van der Waals surface area contributed by atoms with Crippen molar-refractivity contribution < 1.29 is 0 Å². The average Bonchev–Trinajstić information content (AvgIpc) is 2.84. The van der Waals surface area contributed by atoms with Gasteiger partial charge in [0.15, 0.2) is 0 Å². The Bertz CT molecular complexity index is 1240. The Morgan fingerprint density at radius 1 is 0.692 bits per heavy atom. The first-order valence-electron chi connectivity index (χ1n) is 8.81. The monoisotopic (exact) mass is 331 g/mol. The fraction of sp³-hybridized carbons (Fsp3) is 0. The second kappa shape index (κ2) is 6.07. The van der Waals surface area contributed by atoms with Crippen LogP contribution < -0.4 is 0 Å². The topological polar surface area (TPSA) is 4.93 Å². The minimum Gasteiger partial charge on any atom is -0.309 e. The molecule has 0 aliphatic heterocycles. The number of aromatic nitrogens is 1. The van der Waals surface area contributed by atoms with E-state index in [-0.39, 0.29) is 0 Å². The van der Waals surface area contributed by atoms with Crippen LogP contribution in [-0.2, 0) is 0 Å². The molecule has 0 saturated carbocycles. The molecule has 122 valence electrons. The second-order valence-corrected chi connectivity index (χ2v) is 6.37. The van der Waals surface area contributed by atoms with E-state index in [2.05, 4.69) is 95.2 Å². The maximum absolute atomic E-state index is 3.15. The van der Waals surface area contributed by atoms with Crippen molar-refractivity contribution in [3.63, 3.8) is 0 Å². The zero-order chi connectivity index (χ0) is 17.3. The summed E-state index contributed by atoms with van der Waals surface area (Å²) in [7, 11) is 0. The van der Waals surface area contributed by atoms with E-state index in [0.717, 1.165) is 5.70 Å². The standard InChI is InChI=1S/C25H17N/c1-2-7-14-20(13-6-1)26-23-17-9-8-15-22(23)25-21(16-10-18-24(25)26)19-11-4-3-5-12-19/h1,3-18H. The number of hydrogen-bond donors (Lipinski definition) is 0. The lowest BCUT2D eigenvalue weighted by Crippen LogP contribution is -1.94. The van der Waals surface area contributed by atoms with Crippen LogP contribution in [0, 0.1) is 0 Å². The molecule has 1 aliphatic carbocycles. The van der Waals surface area contributed by atoms with Gasteiger partial charge < -0.3 is 4.57 Å². The average molecular weight is 331 g/mol. The van der Waals surface area contributed by atoms with Gasteiger partial charge in [-0.2, -0.15) is 0 Å². The van der Waals surface area contributed by atoms with Crippen molar-refractivity contribution in [2.45, 2.75) is 0 Å². The van der Waals surface area contributed by atoms with Gasteiger partial charge in [-0.25, -0.2) is 0 Å². The first kappa shape index (κ1) is 14.8. The Balaban J connectivity index is 1.92. The molecule has 3 aromatic carbocycles. The van der Waals surface area contributed by atoms with Gasteiger partial charge in [0.05, 0.1) is 11.0 Å². The molecule has 26 heavy (non-hydrogen) atoms. The van der Waals surface area contributed by atoms with Gasteiger partial charge in [-0.1, -0.05) is 66.7 Å². The van der Waals surface area contributed by atoms with Crippen molar-refractivity contribution in [1.29, 1.82) is 0 Å². The fourth-order valence-corrected chi connectivity index (χ4v) is 3.75. The summed E-state index contributed by atoms with van der Waals surface area (Å²) < 4.78 is 2.34. The summed E-state index contributed by atoms with van der Waals surface area (Å²) in [6, 6.07) is 25.8. The molecule has 0 fully saturated rings. The van der Waals surface area contributed by atoms with Crippen LogP contribution in [0.25, 0.3) is 38.6 Å². The first-order valence-corrected chi connectivity index (χ1v) is 8.81. The van der Waals surface area contributed by atoms with Crippen LogP contribution in [0.2, 0.25) is 0 Å². The van der Waals surface area contributed by atoms with Crippen LogP contribution in [0.15, 0.2) is 109 Å². The predicted octanol–water partition coefficient (Wildman–Crippen LogP) is 6.58. The normalized spacial score (nSPS) is 13.3. The van der Waals surface area contributed by atoms with Crippen LogP contribution in [0.5, 0.6) is 0 Å². The molecule has 0 radical (unpaired) electrons. The molecular weight excluding hydrogens is 314 g/mol. The lowest BCUT2D eigenvalue weighted by Gasteiger charge is -2.09. The molecule has 0 saturated heterocycles. The van der Waals surface area contributed by atoms with Crippen LogP contribution in [0.1, 0.15) is 0 Å². The van der Waals surface area contributed by atoms with Gasteiger partial charge in [0.1, 0.15) is 0 Å². The number of benzene rings is 3. The lowest BCUT2D eigenvalue weighted by atomic mass is 9.99. The molecule has 0 bridgehead atoms. The van der Waals surface area contributed by atoms with Gasteiger partial charge in [-0.05, 0) is 47.6 Å². The van der Waals surface area contributed by atoms with Crippen molar-refractivity contribution >= 4 is 27.5 Å². The fourth-order valence-electron chi connectivity index (χ4n) is 3.75. The molecular formula is C25H17N. The Morgan fingerprint density at radius 2 is 1.50 bits per heavy atom. The molecule has 0 atom stereocenters. The van der Waals surface area contributed by atoms with Crippen molar-refractivity contribution in [3.05, 3.63) is 109 Å². The van der Waals surface area contributed by atoms with Crippen molar-refractivity contribution in [2.24, 2.45) is 0 Å². The summed E-state index contributed by atoms with van der Waals surface area (Å²) in [6.45, 7) is 0. The Morgan fingerprint density at radius 3 is 2.42 bits per heavy atom. The number of allylic oxidation sites excluding steroid dienone is 5. The van der Waals surface area contributed by atoms with Crippen LogP contribution >= 0.6 is 0 Å². The number of hydrogen-bond acceptors (Lipinski definition) is 0. The van der Waals surface area contributed by atoms with Crippen molar-refractivity contribution in [2.75, 3.05) is 0 Å². The summed E-state index contributed by atoms with van der Waals surface area (Å²) in [4.78, 5) is 0. The number of para-hydroxylation sites is 1. The van der Waals surface area contributed by atoms with Gasteiger partial charge in [-0.15, -0.1) is 5.73 Å². The molecule has 4 aromatic rings. The number of nitrogens with zero attached hydrogens (tertiary/aromatic N) is 1. The Kier molecular flexibility index (Phi) is 3.45. The molecule has 1 heterocycles.